The van der Waals surface area contributed by atoms with Gasteiger partial charge in [-0.1, -0.05) is 12.1 Å². The highest BCUT2D eigenvalue weighted by Crippen LogP contribution is 2.31. The highest BCUT2D eigenvalue weighted by molar-refractivity contribution is 5.97. The van der Waals surface area contributed by atoms with Crippen LogP contribution in [-0.2, 0) is 0 Å². The van der Waals surface area contributed by atoms with E-state index in [1.165, 1.54) is 12.8 Å². The summed E-state index contributed by atoms with van der Waals surface area (Å²) < 4.78 is 8.02. The predicted molar refractivity (Wildman–Crippen MR) is 91.1 cm³/mol. The van der Waals surface area contributed by atoms with Gasteiger partial charge < -0.3 is 14.2 Å². The third kappa shape index (κ3) is 3.30. The third-order valence-corrected chi connectivity index (χ3v) is 4.92. The van der Waals surface area contributed by atoms with E-state index in [4.69, 9.17) is 4.74 Å². The fourth-order valence-corrected chi connectivity index (χ4v) is 3.30. The second-order valence-corrected chi connectivity index (χ2v) is 6.81. The Morgan fingerprint density at radius 1 is 1.25 bits per heavy atom. The number of piperidine rings is 1. The van der Waals surface area contributed by atoms with Crippen LogP contribution in [0.3, 0.4) is 0 Å². The molecule has 126 valence electrons. The van der Waals surface area contributed by atoms with E-state index in [0.717, 1.165) is 38.3 Å². The van der Waals surface area contributed by atoms with E-state index < -0.39 is 0 Å². The minimum absolute atomic E-state index is 0.0752. The molecule has 1 aromatic carbocycles. The molecular formula is C19H23N3O2. The number of rotatable bonds is 5. The Kier molecular flexibility index (Phi) is 4.24. The quantitative estimate of drug-likeness (QED) is 0.848. The van der Waals surface area contributed by atoms with Crippen LogP contribution in [0.4, 0.5) is 0 Å². The van der Waals surface area contributed by atoms with E-state index in [0.29, 0.717) is 17.5 Å². The van der Waals surface area contributed by atoms with Crippen LogP contribution in [0.25, 0.3) is 0 Å². The molecule has 0 unspecified atom stereocenters. The van der Waals surface area contributed by atoms with Crippen LogP contribution in [0.15, 0.2) is 43.0 Å². The number of ether oxygens (including phenoxy) is 1. The zero-order valence-corrected chi connectivity index (χ0v) is 13.8. The van der Waals surface area contributed by atoms with Gasteiger partial charge in [-0.3, -0.25) is 4.79 Å². The molecule has 1 saturated carbocycles. The smallest absolute Gasteiger partial charge is 0.257 e. The van der Waals surface area contributed by atoms with Gasteiger partial charge in [0, 0.05) is 25.5 Å². The number of nitrogens with zero attached hydrogens (tertiary/aromatic N) is 3. The van der Waals surface area contributed by atoms with Crippen molar-refractivity contribution in [2.45, 2.75) is 31.7 Å². The van der Waals surface area contributed by atoms with Crippen LogP contribution in [0.1, 0.15) is 42.1 Å². The number of benzene rings is 1. The van der Waals surface area contributed by atoms with E-state index in [1.54, 1.807) is 6.20 Å². The first kappa shape index (κ1) is 15.2. The Labute approximate surface area is 142 Å². The van der Waals surface area contributed by atoms with Crippen LogP contribution >= 0.6 is 0 Å². The Balaban J connectivity index is 1.48. The summed E-state index contributed by atoms with van der Waals surface area (Å²) in [7, 11) is 0. The Morgan fingerprint density at radius 2 is 2.12 bits per heavy atom. The second-order valence-electron chi connectivity index (χ2n) is 6.81. The van der Waals surface area contributed by atoms with Gasteiger partial charge in [-0.25, -0.2) is 4.98 Å². The third-order valence-electron chi connectivity index (χ3n) is 4.92. The van der Waals surface area contributed by atoms with E-state index >= 15 is 0 Å². The Morgan fingerprint density at radius 3 is 2.92 bits per heavy atom. The number of carbonyl (C=O) groups is 1. The maximum atomic E-state index is 13.0. The van der Waals surface area contributed by atoms with Crippen molar-refractivity contribution in [1.29, 1.82) is 0 Å². The van der Waals surface area contributed by atoms with Crippen molar-refractivity contribution in [1.82, 2.24) is 14.5 Å². The molecule has 0 bridgehead atoms. The molecule has 1 aliphatic heterocycles. The topological polar surface area (TPSA) is 47.4 Å². The number of carbonyl (C=O) groups excluding carboxylic acids is 1. The van der Waals surface area contributed by atoms with Crippen LogP contribution in [-0.4, -0.2) is 40.1 Å². The fraction of sp³-hybridized carbons (Fsp3) is 0.474. The van der Waals surface area contributed by atoms with Crippen molar-refractivity contribution in [3.63, 3.8) is 0 Å². The van der Waals surface area contributed by atoms with E-state index in [2.05, 4.69) is 9.55 Å². The maximum Gasteiger partial charge on any atom is 0.257 e. The molecule has 0 spiro atoms. The molecular weight excluding hydrogens is 302 g/mol. The molecule has 2 aliphatic rings. The molecule has 1 amide bonds. The molecule has 1 aliphatic carbocycles. The molecule has 1 atom stereocenters. The number of hydrogen-bond donors (Lipinski definition) is 0. The lowest BCUT2D eigenvalue weighted by molar-refractivity contribution is 0.0674. The fourth-order valence-electron chi connectivity index (χ4n) is 3.30. The van der Waals surface area contributed by atoms with Gasteiger partial charge in [0.15, 0.2) is 0 Å². The zero-order chi connectivity index (χ0) is 16.4. The average molecular weight is 325 g/mol. The van der Waals surface area contributed by atoms with Crippen molar-refractivity contribution in [2.24, 2.45) is 5.92 Å². The van der Waals surface area contributed by atoms with Crippen molar-refractivity contribution < 1.29 is 9.53 Å². The van der Waals surface area contributed by atoms with Gasteiger partial charge in [0.05, 0.1) is 24.5 Å². The number of imidazole rings is 1. The molecule has 2 heterocycles. The molecule has 5 nitrogen and oxygen atoms in total. The minimum atomic E-state index is 0.0752. The van der Waals surface area contributed by atoms with Crippen LogP contribution < -0.4 is 4.74 Å². The van der Waals surface area contributed by atoms with Crippen molar-refractivity contribution in [2.75, 3.05) is 19.7 Å². The largest absolute Gasteiger partial charge is 0.492 e. The van der Waals surface area contributed by atoms with Crippen LogP contribution in [0.5, 0.6) is 5.75 Å². The summed E-state index contributed by atoms with van der Waals surface area (Å²) in [6.07, 6.45) is 10.2. The first-order valence-corrected chi connectivity index (χ1v) is 8.80. The van der Waals surface area contributed by atoms with Gasteiger partial charge >= 0.3 is 0 Å². The standard InChI is InChI=1S/C19H23N3O2/c23-19(17-5-1-2-6-18(17)24-13-15-7-8-15)21-10-3-4-16(12-21)22-11-9-20-14-22/h1-2,5-6,9,11,14-16H,3-4,7-8,10,12-13H2/t16-/m0/s1. The first-order valence-electron chi connectivity index (χ1n) is 8.80. The number of para-hydroxylation sites is 1. The summed E-state index contributed by atoms with van der Waals surface area (Å²) in [5, 5.41) is 0. The maximum absolute atomic E-state index is 13.0. The summed E-state index contributed by atoms with van der Waals surface area (Å²) in [6, 6.07) is 7.95. The van der Waals surface area contributed by atoms with Gasteiger partial charge in [-0.05, 0) is 43.7 Å². The second kappa shape index (κ2) is 6.67. The van der Waals surface area contributed by atoms with Crippen LogP contribution in [0.2, 0.25) is 0 Å². The lowest BCUT2D eigenvalue weighted by Crippen LogP contribution is -2.40. The van der Waals surface area contributed by atoms with Gasteiger partial charge in [0.2, 0.25) is 0 Å². The lowest BCUT2D eigenvalue weighted by Gasteiger charge is -2.33. The van der Waals surface area contributed by atoms with Gasteiger partial charge in [-0.2, -0.15) is 0 Å². The van der Waals surface area contributed by atoms with Gasteiger partial charge in [0.25, 0.3) is 5.91 Å². The highest BCUT2D eigenvalue weighted by Gasteiger charge is 2.28. The zero-order valence-electron chi connectivity index (χ0n) is 13.8. The van der Waals surface area contributed by atoms with Gasteiger partial charge in [-0.15, -0.1) is 0 Å². The Hall–Kier alpha value is -2.30. The summed E-state index contributed by atoms with van der Waals surface area (Å²) in [5.74, 6) is 1.47. The van der Waals surface area contributed by atoms with Crippen molar-refractivity contribution in [3.8, 4) is 5.75 Å². The average Bonchev–Trinajstić information content (AvgIpc) is 3.30. The van der Waals surface area contributed by atoms with E-state index in [1.807, 2.05) is 41.7 Å². The number of amides is 1. The molecule has 1 saturated heterocycles. The van der Waals surface area contributed by atoms with Crippen molar-refractivity contribution in [3.05, 3.63) is 48.5 Å². The van der Waals surface area contributed by atoms with Gasteiger partial charge in [0.1, 0.15) is 5.75 Å². The summed E-state index contributed by atoms with van der Waals surface area (Å²) in [6.45, 7) is 2.26. The Bertz CT molecular complexity index is 694. The summed E-state index contributed by atoms with van der Waals surface area (Å²) in [5.41, 5.74) is 0.685. The predicted octanol–water partition coefficient (Wildman–Crippen LogP) is 3.15. The number of hydrogen-bond acceptors (Lipinski definition) is 3. The molecule has 2 fully saturated rings. The lowest BCUT2D eigenvalue weighted by atomic mass is 10.0. The SMILES string of the molecule is O=C(c1ccccc1OCC1CC1)N1CCC[C@H](n2ccnc2)C1. The van der Waals surface area contributed by atoms with E-state index in [-0.39, 0.29) is 5.91 Å². The minimum Gasteiger partial charge on any atom is -0.492 e. The van der Waals surface area contributed by atoms with Crippen molar-refractivity contribution >= 4 is 5.91 Å². The summed E-state index contributed by atoms with van der Waals surface area (Å²) in [4.78, 5) is 19.1. The molecule has 1 aromatic heterocycles. The number of likely N-dealkylation sites (tertiary alicyclic amines) is 1. The normalized spacial score (nSPS) is 20.8. The molecule has 0 radical (unpaired) electrons. The molecule has 2 aromatic rings. The monoisotopic (exact) mass is 325 g/mol. The van der Waals surface area contributed by atoms with Crippen LogP contribution in [0, 0.1) is 5.92 Å². The van der Waals surface area contributed by atoms with E-state index in [9.17, 15) is 4.79 Å². The first-order chi connectivity index (χ1) is 11.8. The molecule has 24 heavy (non-hydrogen) atoms. The molecule has 0 N–H and O–H groups in total. The molecule has 4 rings (SSSR count). The highest BCUT2D eigenvalue weighted by atomic mass is 16.5. The summed E-state index contributed by atoms with van der Waals surface area (Å²) >= 11 is 0. The number of aromatic nitrogens is 2. The molecule has 5 heteroatoms.